The molecular weight excluding hydrogens is 640 g/mol. The summed E-state index contributed by atoms with van der Waals surface area (Å²) in [5.41, 5.74) is -3.07. The highest BCUT2D eigenvalue weighted by Gasteiger charge is 2.30. The first kappa shape index (κ1) is 23.4. The summed E-state index contributed by atoms with van der Waals surface area (Å²) in [5, 5.41) is -0.405. The van der Waals surface area contributed by atoms with E-state index < -0.39 is 90.1 Å². The van der Waals surface area contributed by atoms with Crippen LogP contribution in [0.15, 0.2) is 82.7 Å². The van der Waals surface area contributed by atoms with Crippen LogP contribution >= 0.6 is 11.8 Å². The number of amides is 1. The van der Waals surface area contributed by atoms with Crippen LogP contribution in [-0.4, -0.2) is 51.3 Å². The fraction of sp³-hybridized carbons (Fsp3) is 0.378. The highest BCUT2D eigenvalue weighted by Crippen LogP contribution is 2.32. The standard InChI is InChI=1S/C37H40F4N4O2S/c1-4-43(5-2)18-19-44(22-26-6-10-28(11-7-26)29-12-14-30(15-13-29)37(39,40)41)34(46)23-45-33-21-25(3)20-32(33)35(47)42-36(45)48-24-27-8-16-31(38)17-9-27/h6-17,25H,4-5,18-24H2,1-3H3/i18D2,19D2,20D2,21D2,22D2,25D. The molecule has 5 rings (SSSR count). The van der Waals surface area contributed by atoms with Crippen LogP contribution in [0.4, 0.5) is 17.6 Å². The Labute approximate surface area is 298 Å². The van der Waals surface area contributed by atoms with Crippen molar-refractivity contribution < 1.29 is 37.4 Å². The molecule has 0 saturated carbocycles. The Morgan fingerprint density at radius 2 is 1.58 bits per heavy atom. The molecule has 1 amide bonds. The minimum atomic E-state index is -4.59. The van der Waals surface area contributed by atoms with Crippen molar-refractivity contribution >= 4 is 17.7 Å². The van der Waals surface area contributed by atoms with Gasteiger partial charge >= 0.3 is 6.18 Å². The number of aromatic nitrogens is 2. The Hall–Kier alpha value is -3.96. The first-order valence-corrected chi connectivity index (χ1v) is 16.0. The van der Waals surface area contributed by atoms with Crippen molar-refractivity contribution in [2.45, 2.75) is 63.6 Å². The Morgan fingerprint density at radius 1 is 0.979 bits per heavy atom. The maximum atomic E-state index is 14.8. The number of halogens is 4. The fourth-order valence-corrected chi connectivity index (χ4v) is 5.69. The largest absolute Gasteiger partial charge is 0.416 e. The summed E-state index contributed by atoms with van der Waals surface area (Å²) in [6.07, 6.45) is -10.6. The quantitative estimate of drug-likeness (QED) is 0.0828. The summed E-state index contributed by atoms with van der Waals surface area (Å²) in [6.45, 7) is -7.32. The van der Waals surface area contributed by atoms with Gasteiger partial charge < -0.3 is 14.4 Å². The number of carbonyl (C=O) groups is 1. The molecule has 3 aromatic carbocycles. The molecule has 1 aromatic heterocycles. The van der Waals surface area contributed by atoms with Gasteiger partial charge in [-0.25, -0.2) is 4.39 Å². The topological polar surface area (TPSA) is 58.4 Å². The van der Waals surface area contributed by atoms with Gasteiger partial charge in [0.1, 0.15) is 12.4 Å². The zero-order valence-corrected chi connectivity index (χ0v) is 27.1. The van der Waals surface area contributed by atoms with Crippen LogP contribution < -0.4 is 5.56 Å². The third-order valence-electron chi connectivity index (χ3n) is 7.35. The number of benzene rings is 3. The Morgan fingerprint density at radius 3 is 2.19 bits per heavy atom. The second-order valence-corrected chi connectivity index (χ2v) is 11.6. The molecule has 4 aromatic rings. The van der Waals surface area contributed by atoms with Crippen LogP contribution in [0.1, 0.15) is 63.8 Å². The SMILES string of the molecule is [2H]C([2H])(c1ccc(-c2ccc(C(F)(F)F)cc2)cc1)N(C(=O)Cn1c(SCc2ccc(F)cc2)nc(=O)c2c1C([2H])([2H])C([2H])(C)C2([2H])[2H])C([2H])([2H])C([2H])([2H])N(CC)CC. The van der Waals surface area contributed by atoms with E-state index in [1.54, 1.807) is 0 Å². The van der Waals surface area contributed by atoms with Gasteiger partial charge in [-0.1, -0.05) is 81.1 Å². The summed E-state index contributed by atoms with van der Waals surface area (Å²) >= 11 is 0.748. The molecule has 1 aliphatic carbocycles. The summed E-state index contributed by atoms with van der Waals surface area (Å²) in [7, 11) is 0. The van der Waals surface area contributed by atoms with Crippen LogP contribution in [0.25, 0.3) is 11.1 Å². The van der Waals surface area contributed by atoms with Crippen molar-refractivity contribution in [2.24, 2.45) is 5.89 Å². The van der Waals surface area contributed by atoms with E-state index in [4.69, 9.17) is 9.60 Å². The number of alkyl halides is 3. The minimum absolute atomic E-state index is 0.0173. The molecule has 48 heavy (non-hydrogen) atoms. The molecule has 11 heteroatoms. The molecule has 0 fully saturated rings. The molecule has 1 unspecified atom stereocenters. The first-order chi connectivity index (χ1) is 27.1. The third kappa shape index (κ3) is 8.73. The average Bonchev–Trinajstić information content (AvgIpc) is 3.25. The smallest absolute Gasteiger partial charge is 0.336 e. The molecule has 1 heterocycles. The van der Waals surface area contributed by atoms with Crippen molar-refractivity contribution in [1.29, 1.82) is 0 Å². The lowest BCUT2D eigenvalue weighted by Gasteiger charge is -2.28. The van der Waals surface area contributed by atoms with Crippen LogP contribution in [0, 0.1) is 11.7 Å². The van der Waals surface area contributed by atoms with E-state index >= 15 is 0 Å². The van der Waals surface area contributed by atoms with Gasteiger partial charge in [-0.3, -0.25) is 9.59 Å². The van der Waals surface area contributed by atoms with Gasteiger partial charge in [0.25, 0.3) is 5.56 Å². The summed E-state index contributed by atoms with van der Waals surface area (Å²) in [6, 6.07) is 14.2. The van der Waals surface area contributed by atoms with Crippen molar-refractivity contribution in [1.82, 2.24) is 19.4 Å². The highest BCUT2D eigenvalue weighted by molar-refractivity contribution is 7.98. The minimum Gasteiger partial charge on any atom is -0.336 e. The van der Waals surface area contributed by atoms with Crippen molar-refractivity contribution in [3.63, 3.8) is 0 Å². The van der Waals surface area contributed by atoms with E-state index in [9.17, 15) is 32.6 Å². The van der Waals surface area contributed by atoms with Gasteiger partial charge in [-0.2, -0.15) is 18.2 Å². The van der Waals surface area contributed by atoms with Crippen LogP contribution in [0.3, 0.4) is 0 Å². The lowest BCUT2D eigenvalue weighted by molar-refractivity contribution is -0.137. The molecule has 1 aliphatic rings. The number of carbonyl (C=O) groups excluding carboxylic acids is 1. The van der Waals surface area contributed by atoms with Crippen LogP contribution in [0.5, 0.6) is 0 Å². The molecule has 1 atom stereocenters. The molecule has 0 spiro atoms. The number of rotatable bonds is 13. The van der Waals surface area contributed by atoms with Gasteiger partial charge in [-0.05, 0) is 78.2 Å². The van der Waals surface area contributed by atoms with Crippen molar-refractivity contribution in [3.05, 3.63) is 117 Å². The van der Waals surface area contributed by atoms with Crippen LogP contribution in [0.2, 0.25) is 0 Å². The summed E-state index contributed by atoms with van der Waals surface area (Å²) in [5.74, 6) is -4.81. The van der Waals surface area contributed by atoms with E-state index in [1.165, 1.54) is 50.2 Å². The van der Waals surface area contributed by atoms with E-state index in [2.05, 4.69) is 4.98 Å². The van der Waals surface area contributed by atoms with Crippen LogP contribution in [-0.2, 0) is 42.5 Å². The Balaban J connectivity index is 1.68. The van der Waals surface area contributed by atoms with E-state index in [0.717, 1.165) is 64.6 Å². The number of hydrogen-bond donors (Lipinski definition) is 0. The van der Waals surface area contributed by atoms with E-state index in [0.29, 0.717) is 16.7 Å². The second-order valence-electron chi connectivity index (χ2n) is 10.7. The van der Waals surface area contributed by atoms with Gasteiger partial charge in [0, 0.05) is 46.1 Å². The maximum Gasteiger partial charge on any atom is 0.416 e. The number of thioether (sulfide) groups is 1. The summed E-state index contributed by atoms with van der Waals surface area (Å²) in [4.78, 5) is 33.3. The van der Waals surface area contributed by atoms with Crippen molar-refractivity contribution in [3.8, 4) is 11.1 Å². The van der Waals surface area contributed by atoms with E-state index in [-0.39, 0.29) is 29.3 Å². The normalized spacial score (nSPS) is 22.3. The summed E-state index contributed by atoms with van der Waals surface area (Å²) < 4.78 is 153. The molecule has 0 aliphatic heterocycles. The Bertz CT molecular complexity index is 2250. The molecule has 0 N–H and O–H groups in total. The monoisotopic (exact) mass is 691 g/mol. The molecular formula is C37H40F4N4O2S. The Kier molecular flexibility index (Phi) is 7.56. The van der Waals surface area contributed by atoms with Gasteiger partial charge in [0.15, 0.2) is 5.16 Å². The zero-order valence-electron chi connectivity index (χ0n) is 37.3. The number of nitrogens with zero attached hydrogens (tertiary/aromatic N) is 4. The maximum absolute atomic E-state index is 14.8. The van der Waals surface area contributed by atoms with E-state index in [1.807, 2.05) is 0 Å². The molecule has 0 bridgehead atoms. The second kappa shape index (κ2) is 15.5. The average molecular weight is 692 g/mol. The van der Waals surface area contributed by atoms with Gasteiger partial charge in [-0.15, -0.1) is 0 Å². The predicted octanol–water partition coefficient (Wildman–Crippen LogP) is 7.47. The van der Waals surface area contributed by atoms with Crippen molar-refractivity contribution in [2.75, 3.05) is 26.1 Å². The molecule has 0 saturated heterocycles. The lowest BCUT2D eigenvalue weighted by Crippen LogP contribution is -2.40. The third-order valence-corrected chi connectivity index (χ3v) is 8.39. The van der Waals surface area contributed by atoms with Gasteiger partial charge in [0.05, 0.1) is 11.0 Å². The lowest BCUT2D eigenvalue weighted by atomic mass is 10.0. The predicted molar refractivity (Wildman–Crippen MR) is 181 cm³/mol. The number of likely N-dealkylation sites (N-methyl/N-ethyl adjacent to an activating group) is 1. The number of hydrogen-bond acceptors (Lipinski definition) is 5. The van der Waals surface area contributed by atoms with Gasteiger partial charge in [0.2, 0.25) is 5.91 Å². The first-order valence-electron chi connectivity index (χ1n) is 20.5. The molecule has 254 valence electrons. The molecule has 0 radical (unpaired) electrons. The molecule has 6 nitrogen and oxygen atoms in total. The fourth-order valence-electron chi connectivity index (χ4n) is 4.74. The highest BCUT2D eigenvalue weighted by atomic mass is 32.2. The number of fused-ring (bicyclic) bond motifs is 1. The zero-order chi connectivity index (χ0) is 44.3.